The fraction of sp³-hybridized carbons (Fsp3) is 0.316. The Kier molecular flexibility index (Phi) is 8.36. The number of halogens is 2. The van der Waals surface area contributed by atoms with E-state index >= 15 is 0 Å². The van der Waals surface area contributed by atoms with Crippen LogP contribution in [0.5, 0.6) is 0 Å². The Bertz CT molecular complexity index is 792. The number of nitrogens with zero attached hydrogens (tertiary/aromatic N) is 1. The van der Waals surface area contributed by atoms with Crippen molar-refractivity contribution in [2.45, 2.75) is 0 Å². The van der Waals surface area contributed by atoms with Gasteiger partial charge in [-0.05, 0) is 22.9 Å². The van der Waals surface area contributed by atoms with Crippen LogP contribution in [0.3, 0.4) is 0 Å². The number of carbonyl (C=O) groups excluding carboxylic acids is 3. The molecule has 2 aromatic carbocycles. The smallest absolute Gasteiger partial charge is 0.253 e. The van der Waals surface area contributed by atoms with E-state index in [1.165, 1.54) is 0 Å². The van der Waals surface area contributed by atoms with Gasteiger partial charge >= 0.3 is 0 Å². The summed E-state index contributed by atoms with van der Waals surface area (Å²) in [7, 11) is 0. The summed E-state index contributed by atoms with van der Waals surface area (Å²) in [4.78, 5) is 37.1. The zero-order chi connectivity index (χ0) is 19.6. The highest BCUT2D eigenvalue weighted by molar-refractivity contribution is 6.27. The standard InChI is InChI=1S/C19H21Cl2N3O3/c20-12-17(25)22-7-9-24(10-8-23-18(26)13-21)19(27)16-6-5-14-3-1-2-4-15(14)11-16/h1-6,11H,7-10,12-13H2,(H,22,25)(H,23,26). The lowest BCUT2D eigenvalue weighted by Gasteiger charge is -2.23. The molecule has 3 amide bonds. The highest BCUT2D eigenvalue weighted by Crippen LogP contribution is 2.16. The fourth-order valence-corrected chi connectivity index (χ4v) is 2.76. The van der Waals surface area contributed by atoms with E-state index in [1.807, 2.05) is 36.4 Å². The number of carbonyl (C=O) groups is 3. The Morgan fingerprint density at radius 1 is 0.815 bits per heavy atom. The van der Waals surface area contributed by atoms with Gasteiger partial charge < -0.3 is 15.5 Å². The third-order valence-electron chi connectivity index (χ3n) is 3.93. The summed E-state index contributed by atoms with van der Waals surface area (Å²) in [5.41, 5.74) is 0.543. The molecule has 0 fully saturated rings. The van der Waals surface area contributed by atoms with Crippen LogP contribution in [0, 0.1) is 0 Å². The molecule has 0 saturated heterocycles. The highest BCUT2D eigenvalue weighted by atomic mass is 35.5. The molecule has 0 unspecified atom stereocenters. The predicted molar refractivity (Wildman–Crippen MR) is 107 cm³/mol. The van der Waals surface area contributed by atoms with E-state index in [0.29, 0.717) is 18.7 Å². The van der Waals surface area contributed by atoms with Crippen LogP contribution in [0.4, 0.5) is 0 Å². The molecule has 2 aromatic rings. The molecule has 2 N–H and O–H groups in total. The Morgan fingerprint density at radius 2 is 1.37 bits per heavy atom. The Labute approximate surface area is 167 Å². The summed E-state index contributed by atoms with van der Waals surface area (Å²) in [5.74, 6) is -1.05. The van der Waals surface area contributed by atoms with Crippen molar-refractivity contribution >= 4 is 51.7 Å². The summed E-state index contributed by atoms with van der Waals surface area (Å²) < 4.78 is 0. The van der Waals surface area contributed by atoms with Crippen molar-refractivity contribution in [1.29, 1.82) is 0 Å². The van der Waals surface area contributed by atoms with Crippen LogP contribution in [-0.2, 0) is 9.59 Å². The average molecular weight is 410 g/mol. The minimum atomic E-state index is -0.301. The molecule has 0 heterocycles. The summed E-state index contributed by atoms with van der Waals surface area (Å²) in [6.45, 7) is 1.14. The molecular weight excluding hydrogens is 389 g/mol. The van der Waals surface area contributed by atoms with Gasteiger partial charge in [-0.3, -0.25) is 14.4 Å². The SMILES string of the molecule is O=C(CCl)NCCN(CCNC(=O)CCl)C(=O)c1ccc2ccccc2c1. The predicted octanol–water partition coefficient (Wildman–Crippen LogP) is 1.99. The van der Waals surface area contributed by atoms with Gasteiger partial charge in [0.15, 0.2) is 0 Å². The summed E-state index contributed by atoms with van der Waals surface area (Å²) in [6, 6.07) is 13.3. The van der Waals surface area contributed by atoms with E-state index in [1.54, 1.807) is 11.0 Å². The van der Waals surface area contributed by atoms with Crippen LogP contribution in [0.1, 0.15) is 10.4 Å². The van der Waals surface area contributed by atoms with Crippen molar-refractivity contribution in [2.24, 2.45) is 0 Å². The molecule has 144 valence electrons. The second kappa shape index (κ2) is 10.7. The Balaban J connectivity index is 2.09. The van der Waals surface area contributed by atoms with E-state index in [-0.39, 0.29) is 42.6 Å². The van der Waals surface area contributed by atoms with E-state index in [4.69, 9.17) is 23.2 Å². The fourth-order valence-electron chi connectivity index (χ4n) is 2.57. The van der Waals surface area contributed by atoms with Gasteiger partial charge in [-0.25, -0.2) is 0 Å². The van der Waals surface area contributed by atoms with Gasteiger partial charge in [0.1, 0.15) is 11.8 Å². The van der Waals surface area contributed by atoms with E-state index < -0.39 is 0 Å². The molecule has 0 bridgehead atoms. The van der Waals surface area contributed by atoms with Gasteiger partial charge in [0.25, 0.3) is 5.91 Å². The number of benzene rings is 2. The van der Waals surface area contributed by atoms with Crippen molar-refractivity contribution in [3.05, 3.63) is 48.0 Å². The maximum absolute atomic E-state index is 12.9. The zero-order valence-electron chi connectivity index (χ0n) is 14.7. The number of nitrogens with one attached hydrogen (secondary N) is 2. The summed E-state index contributed by atoms with van der Waals surface area (Å²) >= 11 is 10.9. The minimum absolute atomic E-state index is 0.135. The monoisotopic (exact) mass is 409 g/mol. The summed E-state index contributed by atoms with van der Waals surface area (Å²) in [5, 5.41) is 7.28. The van der Waals surface area contributed by atoms with Crippen molar-refractivity contribution in [2.75, 3.05) is 37.9 Å². The van der Waals surface area contributed by atoms with Gasteiger partial charge in [0, 0.05) is 31.7 Å². The largest absolute Gasteiger partial charge is 0.353 e. The van der Waals surface area contributed by atoms with Gasteiger partial charge in [-0.2, -0.15) is 0 Å². The molecule has 0 saturated carbocycles. The van der Waals surface area contributed by atoms with E-state index in [0.717, 1.165) is 10.8 Å². The first-order valence-corrected chi connectivity index (χ1v) is 9.55. The van der Waals surface area contributed by atoms with Crippen LogP contribution in [0.25, 0.3) is 10.8 Å². The maximum atomic E-state index is 12.9. The maximum Gasteiger partial charge on any atom is 0.253 e. The average Bonchev–Trinajstić information content (AvgIpc) is 2.71. The lowest BCUT2D eigenvalue weighted by atomic mass is 10.1. The van der Waals surface area contributed by atoms with Crippen LogP contribution >= 0.6 is 23.2 Å². The van der Waals surface area contributed by atoms with Gasteiger partial charge in [0.2, 0.25) is 11.8 Å². The van der Waals surface area contributed by atoms with Gasteiger partial charge in [-0.15, -0.1) is 23.2 Å². The van der Waals surface area contributed by atoms with E-state index in [9.17, 15) is 14.4 Å². The Hall–Kier alpha value is -2.31. The molecule has 8 heteroatoms. The molecular formula is C19H21Cl2N3O3. The van der Waals surface area contributed by atoms with Crippen molar-refractivity contribution in [3.8, 4) is 0 Å². The Morgan fingerprint density at radius 3 is 1.93 bits per heavy atom. The van der Waals surface area contributed by atoms with Gasteiger partial charge in [-0.1, -0.05) is 30.3 Å². The molecule has 27 heavy (non-hydrogen) atoms. The first-order valence-electron chi connectivity index (χ1n) is 8.48. The third-order valence-corrected chi connectivity index (χ3v) is 4.42. The second-order valence-corrected chi connectivity index (χ2v) is 6.36. The molecule has 0 aliphatic rings. The third kappa shape index (κ3) is 6.41. The van der Waals surface area contributed by atoms with Crippen LogP contribution in [0.2, 0.25) is 0 Å². The molecule has 0 radical (unpaired) electrons. The number of rotatable bonds is 9. The quantitative estimate of drug-likeness (QED) is 0.621. The lowest BCUT2D eigenvalue weighted by Crippen LogP contribution is -2.43. The molecule has 0 atom stereocenters. The van der Waals surface area contributed by atoms with Gasteiger partial charge in [0.05, 0.1) is 0 Å². The first-order chi connectivity index (χ1) is 13.0. The van der Waals surface area contributed by atoms with Crippen molar-refractivity contribution in [1.82, 2.24) is 15.5 Å². The zero-order valence-corrected chi connectivity index (χ0v) is 16.2. The topological polar surface area (TPSA) is 78.5 Å². The molecule has 0 aliphatic carbocycles. The van der Waals surface area contributed by atoms with E-state index in [2.05, 4.69) is 10.6 Å². The highest BCUT2D eigenvalue weighted by Gasteiger charge is 2.16. The van der Waals surface area contributed by atoms with Crippen LogP contribution in [-0.4, -0.2) is 60.6 Å². The molecule has 2 rings (SSSR count). The van der Waals surface area contributed by atoms with Crippen LogP contribution in [0.15, 0.2) is 42.5 Å². The molecule has 0 aromatic heterocycles. The second-order valence-electron chi connectivity index (χ2n) is 5.82. The first kappa shape index (κ1) is 21.0. The molecule has 0 spiro atoms. The minimum Gasteiger partial charge on any atom is -0.353 e. The summed E-state index contributed by atoms with van der Waals surface area (Å²) in [6.07, 6.45) is 0. The number of fused-ring (bicyclic) bond motifs is 1. The number of hydrogen-bond donors (Lipinski definition) is 2. The van der Waals surface area contributed by atoms with Crippen LogP contribution < -0.4 is 10.6 Å². The van der Waals surface area contributed by atoms with Crippen molar-refractivity contribution < 1.29 is 14.4 Å². The lowest BCUT2D eigenvalue weighted by molar-refractivity contribution is -0.119. The molecule has 6 nitrogen and oxygen atoms in total. The number of alkyl halides is 2. The number of hydrogen-bond acceptors (Lipinski definition) is 3. The molecule has 0 aliphatic heterocycles. The normalized spacial score (nSPS) is 10.4. The van der Waals surface area contributed by atoms with Crippen molar-refractivity contribution in [3.63, 3.8) is 0 Å². The number of amides is 3.